The lowest BCUT2D eigenvalue weighted by Gasteiger charge is -2.34. The number of piperazine rings is 1. The molecule has 10 heteroatoms. The number of hydrogen-bond acceptors (Lipinski definition) is 7. The number of carbonyl (C=O) groups excluding carboxylic acids is 1. The maximum atomic E-state index is 13.3. The van der Waals surface area contributed by atoms with E-state index in [0.717, 1.165) is 16.2 Å². The number of fused-ring (bicyclic) bond motifs is 2. The van der Waals surface area contributed by atoms with E-state index < -0.39 is 10.0 Å². The number of rotatable bonds is 5. The van der Waals surface area contributed by atoms with Crippen LogP contribution in [0.2, 0.25) is 0 Å². The zero-order chi connectivity index (χ0) is 26.3. The molecule has 6 rings (SSSR count). The number of para-hydroxylation sites is 1. The molecule has 4 aromatic rings. The molecule has 0 bridgehead atoms. The van der Waals surface area contributed by atoms with E-state index in [-0.39, 0.29) is 10.8 Å². The highest BCUT2D eigenvalue weighted by Crippen LogP contribution is 2.34. The van der Waals surface area contributed by atoms with Crippen molar-refractivity contribution in [3.63, 3.8) is 0 Å². The normalized spacial score (nSPS) is 16.6. The van der Waals surface area contributed by atoms with Gasteiger partial charge in [-0.25, -0.2) is 13.4 Å². The van der Waals surface area contributed by atoms with Crippen LogP contribution in [0.1, 0.15) is 21.5 Å². The fourth-order valence-corrected chi connectivity index (χ4v) is 8.18. The minimum Gasteiger partial charge on any atom is -0.345 e. The van der Waals surface area contributed by atoms with Gasteiger partial charge in [-0.15, -0.1) is 11.8 Å². The highest BCUT2D eigenvalue weighted by molar-refractivity contribution is 7.98. The van der Waals surface area contributed by atoms with Crippen LogP contribution in [0.4, 0.5) is 5.13 Å². The molecule has 3 aromatic carbocycles. The number of carbonyl (C=O) groups is 1. The lowest BCUT2D eigenvalue weighted by atomic mass is 10.0. The summed E-state index contributed by atoms with van der Waals surface area (Å²) in [6.07, 6.45) is 2.76. The average Bonchev–Trinajstić information content (AvgIpc) is 3.41. The molecule has 0 atom stereocenters. The number of sulfonamides is 1. The van der Waals surface area contributed by atoms with Crippen molar-refractivity contribution in [2.45, 2.75) is 22.8 Å². The minimum absolute atomic E-state index is 0.0746. The predicted octanol–water partition coefficient (Wildman–Crippen LogP) is 4.73. The summed E-state index contributed by atoms with van der Waals surface area (Å²) in [5.74, 6) is -0.0746. The third-order valence-corrected chi connectivity index (χ3v) is 11.0. The first-order chi connectivity index (χ1) is 18.4. The molecule has 0 radical (unpaired) electrons. The monoisotopic (exact) mass is 564 g/mol. The first kappa shape index (κ1) is 25.4. The molecule has 1 fully saturated rings. The summed E-state index contributed by atoms with van der Waals surface area (Å²) in [6.45, 7) is 3.44. The molecule has 2 aliphatic rings. The van der Waals surface area contributed by atoms with Gasteiger partial charge in [-0.3, -0.25) is 4.79 Å². The van der Waals surface area contributed by atoms with Crippen molar-refractivity contribution in [1.29, 1.82) is 0 Å². The number of amides is 1. The van der Waals surface area contributed by atoms with Gasteiger partial charge < -0.3 is 9.80 Å². The van der Waals surface area contributed by atoms with E-state index in [4.69, 9.17) is 4.98 Å². The Morgan fingerprint density at radius 1 is 0.895 bits per heavy atom. The van der Waals surface area contributed by atoms with Crippen molar-refractivity contribution in [2.75, 3.05) is 43.9 Å². The Balaban J connectivity index is 1.11. The SMILES string of the molecule is CSc1cccc2sc(N3CCN(C(=O)c4ccc(S(=O)(=O)N5CCc6ccccc6C5)cc4)CC3)nc12. The van der Waals surface area contributed by atoms with Crippen LogP contribution in [0.5, 0.6) is 0 Å². The van der Waals surface area contributed by atoms with Crippen LogP contribution < -0.4 is 4.90 Å². The van der Waals surface area contributed by atoms with Crippen LogP contribution in [0.3, 0.4) is 0 Å². The third kappa shape index (κ3) is 4.70. The molecule has 0 aliphatic carbocycles. The minimum atomic E-state index is -3.63. The Bertz CT molecular complexity index is 1590. The fraction of sp³-hybridized carbons (Fsp3) is 0.286. The zero-order valence-corrected chi connectivity index (χ0v) is 23.5. The molecule has 38 heavy (non-hydrogen) atoms. The van der Waals surface area contributed by atoms with Gasteiger partial charge in [0.2, 0.25) is 10.0 Å². The van der Waals surface area contributed by atoms with Crippen LogP contribution in [0.15, 0.2) is 76.5 Å². The molecule has 7 nitrogen and oxygen atoms in total. The number of thiazole rings is 1. The first-order valence-electron chi connectivity index (χ1n) is 12.6. The van der Waals surface area contributed by atoms with Crippen molar-refractivity contribution < 1.29 is 13.2 Å². The fourth-order valence-electron chi connectivity index (χ4n) is 5.09. The topological polar surface area (TPSA) is 73.8 Å². The number of nitrogens with zero attached hydrogens (tertiary/aromatic N) is 4. The second-order valence-electron chi connectivity index (χ2n) is 9.46. The Morgan fingerprint density at radius 2 is 1.63 bits per heavy atom. The number of aromatic nitrogens is 1. The molecule has 196 valence electrons. The molecule has 0 unspecified atom stereocenters. The van der Waals surface area contributed by atoms with E-state index in [2.05, 4.69) is 35.4 Å². The zero-order valence-electron chi connectivity index (χ0n) is 21.0. The Labute approximate surface area is 231 Å². The van der Waals surface area contributed by atoms with Gasteiger partial charge in [0.25, 0.3) is 5.91 Å². The largest absolute Gasteiger partial charge is 0.345 e. The molecule has 0 spiro atoms. The molecule has 0 saturated carbocycles. The first-order valence-corrected chi connectivity index (χ1v) is 16.1. The number of hydrogen-bond donors (Lipinski definition) is 0. The molecule has 1 saturated heterocycles. The number of anilines is 1. The second-order valence-corrected chi connectivity index (χ2v) is 13.3. The van der Waals surface area contributed by atoms with Gasteiger partial charge in [-0.05, 0) is 60.2 Å². The standard InChI is InChI=1S/C28H28N4O3S3/c1-36-24-7-4-8-25-26(24)29-28(37-25)31-17-15-30(16-18-31)27(33)21-9-11-23(12-10-21)38(34,35)32-14-13-20-5-2-3-6-22(20)19-32/h2-12H,13-19H2,1H3. The summed E-state index contributed by atoms with van der Waals surface area (Å²) in [7, 11) is -3.63. The smallest absolute Gasteiger partial charge is 0.253 e. The van der Waals surface area contributed by atoms with Gasteiger partial charge in [0.05, 0.1) is 15.1 Å². The van der Waals surface area contributed by atoms with E-state index >= 15 is 0 Å². The summed E-state index contributed by atoms with van der Waals surface area (Å²) in [5.41, 5.74) is 3.80. The third-order valence-electron chi connectivity index (χ3n) is 7.26. The molecular formula is C28H28N4O3S3. The van der Waals surface area contributed by atoms with Crippen LogP contribution in [-0.4, -0.2) is 67.5 Å². The summed E-state index contributed by atoms with van der Waals surface area (Å²) >= 11 is 3.39. The van der Waals surface area contributed by atoms with Gasteiger partial charge in [0.1, 0.15) is 0 Å². The Hall–Kier alpha value is -2.92. The van der Waals surface area contributed by atoms with Gasteiger partial charge >= 0.3 is 0 Å². The highest BCUT2D eigenvalue weighted by Gasteiger charge is 2.29. The molecule has 2 aliphatic heterocycles. The van der Waals surface area contributed by atoms with E-state index in [1.807, 2.05) is 23.1 Å². The molecule has 1 aromatic heterocycles. The van der Waals surface area contributed by atoms with Crippen molar-refractivity contribution in [3.8, 4) is 0 Å². The van der Waals surface area contributed by atoms with E-state index in [1.165, 1.54) is 19.5 Å². The summed E-state index contributed by atoms with van der Waals surface area (Å²) < 4.78 is 29.2. The van der Waals surface area contributed by atoms with Crippen molar-refractivity contribution in [1.82, 2.24) is 14.2 Å². The quantitative estimate of drug-likeness (QED) is 0.327. The molecule has 0 N–H and O–H groups in total. The Kier molecular flexibility index (Phi) is 6.90. The van der Waals surface area contributed by atoms with Crippen LogP contribution in [0, 0.1) is 0 Å². The van der Waals surface area contributed by atoms with Gasteiger partial charge in [-0.2, -0.15) is 4.31 Å². The number of thioether (sulfide) groups is 1. The lowest BCUT2D eigenvalue weighted by Crippen LogP contribution is -2.48. The predicted molar refractivity (Wildman–Crippen MR) is 154 cm³/mol. The summed E-state index contributed by atoms with van der Waals surface area (Å²) in [5, 5.41) is 0.989. The van der Waals surface area contributed by atoms with Gasteiger partial charge in [0, 0.05) is 49.7 Å². The molecule has 3 heterocycles. The maximum Gasteiger partial charge on any atom is 0.253 e. The Morgan fingerprint density at radius 3 is 2.37 bits per heavy atom. The van der Waals surface area contributed by atoms with Gasteiger partial charge in [-0.1, -0.05) is 41.7 Å². The van der Waals surface area contributed by atoms with Gasteiger partial charge in [0.15, 0.2) is 5.13 Å². The van der Waals surface area contributed by atoms with Crippen LogP contribution in [-0.2, 0) is 23.0 Å². The average molecular weight is 565 g/mol. The van der Waals surface area contributed by atoms with Crippen LogP contribution >= 0.6 is 23.1 Å². The van der Waals surface area contributed by atoms with E-state index in [9.17, 15) is 13.2 Å². The number of benzene rings is 3. The van der Waals surface area contributed by atoms with Crippen LogP contribution in [0.25, 0.3) is 10.2 Å². The summed E-state index contributed by atoms with van der Waals surface area (Å²) in [6, 6.07) is 20.6. The second kappa shape index (κ2) is 10.3. The van der Waals surface area contributed by atoms with E-state index in [1.54, 1.807) is 47.4 Å². The summed E-state index contributed by atoms with van der Waals surface area (Å²) in [4.78, 5) is 23.6. The highest BCUT2D eigenvalue weighted by atomic mass is 32.2. The maximum absolute atomic E-state index is 13.3. The van der Waals surface area contributed by atoms with Crippen molar-refractivity contribution >= 4 is 54.4 Å². The molecular weight excluding hydrogens is 537 g/mol. The lowest BCUT2D eigenvalue weighted by molar-refractivity contribution is 0.0746. The molecule has 1 amide bonds. The van der Waals surface area contributed by atoms with Crippen molar-refractivity contribution in [2.24, 2.45) is 0 Å². The van der Waals surface area contributed by atoms with E-state index in [0.29, 0.717) is 51.3 Å². The van der Waals surface area contributed by atoms with Crippen molar-refractivity contribution in [3.05, 3.63) is 83.4 Å².